The van der Waals surface area contributed by atoms with Gasteiger partial charge >= 0.3 is 0 Å². The molecule has 1 unspecified atom stereocenters. The van der Waals surface area contributed by atoms with E-state index in [1.807, 2.05) is 0 Å². The van der Waals surface area contributed by atoms with Gasteiger partial charge in [-0.05, 0) is 48.8 Å². The van der Waals surface area contributed by atoms with Gasteiger partial charge in [0.05, 0.1) is 0 Å². The molecular formula is C14H21NO. The molecule has 16 heavy (non-hydrogen) atoms. The fraction of sp³-hybridized carbons (Fsp3) is 0.571. The van der Waals surface area contributed by atoms with Gasteiger partial charge in [0.15, 0.2) is 0 Å². The third-order valence-electron chi connectivity index (χ3n) is 3.41. The van der Waals surface area contributed by atoms with E-state index in [0.29, 0.717) is 6.04 Å². The summed E-state index contributed by atoms with van der Waals surface area (Å²) in [4.78, 5) is 0. The van der Waals surface area contributed by atoms with Crippen LogP contribution < -0.4 is 5.73 Å². The Morgan fingerprint density at radius 2 is 2.31 bits per heavy atom. The number of ether oxygens (including phenoxy) is 1. The molecule has 2 heteroatoms. The van der Waals surface area contributed by atoms with Crippen LogP contribution in [-0.2, 0) is 24.0 Å². The van der Waals surface area contributed by atoms with Gasteiger partial charge in [-0.3, -0.25) is 0 Å². The van der Waals surface area contributed by atoms with E-state index in [0.717, 1.165) is 38.7 Å². The summed E-state index contributed by atoms with van der Waals surface area (Å²) < 4.78 is 5.10. The molecule has 0 spiro atoms. The van der Waals surface area contributed by atoms with Gasteiger partial charge in [-0.15, -0.1) is 0 Å². The molecular weight excluding hydrogens is 198 g/mol. The second kappa shape index (κ2) is 5.46. The van der Waals surface area contributed by atoms with E-state index in [2.05, 4.69) is 18.2 Å². The minimum atomic E-state index is 0.363. The van der Waals surface area contributed by atoms with E-state index >= 15 is 0 Å². The summed E-state index contributed by atoms with van der Waals surface area (Å²) in [7, 11) is 1.76. The number of hydrogen-bond acceptors (Lipinski definition) is 2. The maximum absolute atomic E-state index is 6.00. The lowest BCUT2D eigenvalue weighted by molar-refractivity contribution is 0.195. The zero-order valence-electron chi connectivity index (χ0n) is 10.0. The molecule has 0 saturated heterocycles. The Bertz CT molecular complexity index is 349. The monoisotopic (exact) mass is 219 g/mol. The predicted molar refractivity (Wildman–Crippen MR) is 66.6 cm³/mol. The highest BCUT2D eigenvalue weighted by molar-refractivity contribution is 5.37. The highest BCUT2D eigenvalue weighted by atomic mass is 16.5. The van der Waals surface area contributed by atoms with Crippen molar-refractivity contribution in [3.05, 3.63) is 34.9 Å². The lowest BCUT2D eigenvalue weighted by Crippen LogP contribution is -2.28. The van der Waals surface area contributed by atoms with Crippen LogP contribution in [0.1, 0.15) is 29.5 Å². The van der Waals surface area contributed by atoms with Gasteiger partial charge < -0.3 is 10.5 Å². The smallest absolute Gasteiger partial charge is 0.0465 e. The van der Waals surface area contributed by atoms with Crippen molar-refractivity contribution in [3.8, 4) is 0 Å². The van der Waals surface area contributed by atoms with Crippen LogP contribution in [0.25, 0.3) is 0 Å². The third kappa shape index (κ3) is 2.63. The van der Waals surface area contributed by atoms with Gasteiger partial charge in [-0.25, -0.2) is 0 Å². The summed E-state index contributed by atoms with van der Waals surface area (Å²) in [6.45, 7) is 0.850. The van der Waals surface area contributed by atoms with Crippen LogP contribution in [-0.4, -0.2) is 19.8 Å². The Morgan fingerprint density at radius 1 is 1.44 bits per heavy atom. The van der Waals surface area contributed by atoms with Crippen LogP contribution in [0.4, 0.5) is 0 Å². The summed E-state index contributed by atoms with van der Waals surface area (Å²) >= 11 is 0. The van der Waals surface area contributed by atoms with Crippen LogP contribution in [0.3, 0.4) is 0 Å². The van der Waals surface area contributed by atoms with E-state index in [1.165, 1.54) is 11.1 Å². The van der Waals surface area contributed by atoms with Crippen molar-refractivity contribution in [1.82, 2.24) is 0 Å². The van der Waals surface area contributed by atoms with Gasteiger partial charge in [0.25, 0.3) is 0 Å². The van der Waals surface area contributed by atoms with Crippen molar-refractivity contribution in [1.29, 1.82) is 0 Å². The van der Waals surface area contributed by atoms with Crippen molar-refractivity contribution in [2.45, 2.75) is 38.1 Å². The molecule has 1 aliphatic carbocycles. The Labute approximate surface area is 97.8 Å². The first-order chi connectivity index (χ1) is 7.81. The predicted octanol–water partition coefficient (Wildman–Crippen LogP) is 2.08. The van der Waals surface area contributed by atoms with Gasteiger partial charge in [-0.1, -0.05) is 18.2 Å². The van der Waals surface area contributed by atoms with Crippen LogP contribution in [0, 0.1) is 0 Å². The molecule has 1 aromatic carbocycles. The van der Waals surface area contributed by atoms with Gasteiger partial charge in [-0.2, -0.15) is 0 Å². The molecule has 0 aromatic heterocycles. The highest BCUT2D eigenvalue weighted by Gasteiger charge is 2.17. The van der Waals surface area contributed by atoms with Gasteiger partial charge in [0.1, 0.15) is 0 Å². The molecule has 88 valence electrons. The Hall–Kier alpha value is -0.860. The highest BCUT2D eigenvalue weighted by Crippen LogP contribution is 2.24. The van der Waals surface area contributed by atoms with E-state index in [4.69, 9.17) is 10.5 Å². The van der Waals surface area contributed by atoms with Crippen LogP contribution in [0.15, 0.2) is 18.2 Å². The Morgan fingerprint density at radius 3 is 3.12 bits per heavy atom. The molecule has 2 rings (SSSR count). The summed E-state index contributed by atoms with van der Waals surface area (Å²) in [5.41, 5.74) is 10.5. The quantitative estimate of drug-likeness (QED) is 0.787. The largest absolute Gasteiger partial charge is 0.385 e. The van der Waals surface area contributed by atoms with E-state index in [-0.39, 0.29) is 0 Å². The van der Waals surface area contributed by atoms with Crippen molar-refractivity contribution in [3.63, 3.8) is 0 Å². The fourth-order valence-electron chi connectivity index (χ4n) is 2.56. The minimum absolute atomic E-state index is 0.363. The average Bonchev–Trinajstić information content (AvgIpc) is 2.29. The topological polar surface area (TPSA) is 35.2 Å². The summed E-state index contributed by atoms with van der Waals surface area (Å²) in [5.74, 6) is 0. The molecule has 0 saturated carbocycles. The molecule has 2 nitrogen and oxygen atoms in total. The molecule has 0 heterocycles. The third-order valence-corrected chi connectivity index (χ3v) is 3.41. The second-order valence-electron chi connectivity index (χ2n) is 4.65. The normalized spacial score (nSPS) is 19.5. The number of aryl methyl sites for hydroxylation is 1. The maximum atomic E-state index is 6.00. The maximum Gasteiger partial charge on any atom is 0.0465 e. The summed E-state index contributed by atoms with van der Waals surface area (Å²) in [6.07, 6.45) is 5.58. The van der Waals surface area contributed by atoms with Crippen molar-refractivity contribution in [2.75, 3.05) is 13.7 Å². The van der Waals surface area contributed by atoms with Crippen LogP contribution in [0.2, 0.25) is 0 Å². The lowest BCUT2D eigenvalue weighted by Gasteiger charge is -2.23. The van der Waals surface area contributed by atoms with Crippen LogP contribution in [0.5, 0.6) is 0 Å². The number of methoxy groups -OCH3 is 1. The van der Waals surface area contributed by atoms with Gasteiger partial charge in [0.2, 0.25) is 0 Å². The number of hydrogen-bond donors (Lipinski definition) is 1. The van der Waals surface area contributed by atoms with Gasteiger partial charge in [0, 0.05) is 19.8 Å². The molecule has 0 aliphatic heterocycles. The van der Waals surface area contributed by atoms with Crippen LogP contribution >= 0.6 is 0 Å². The fourth-order valence-corrected chi connectivity index (χ4v) is 2.56. The second-order valence-corrected chi connectivity index (χ2v) is 4.65. The minimum Gasteiger partial charge on any atom is -0.385 e. The number of fused-ring (bicyclic) bond motifs is 1. The zero-order chi connectivity index (χ0) is 11.4. The molecule has 1 atom stereocenters. The summed E-state index contributed by atoms with van der Waals surface area (Å²) in [5, 5.41) is 0. The summed E-state index contributed by atoms with van der Waals surface area (Å²) in [6, 6.07) is 7.01. The Balaban J connectivity index is 2.10. The first kappa shape index (κ1) is 11.6. The van der Waals surface area contributed by atoms with Crippen molar-refractivity contribution >= 4 is 0 Å². The number of benzene rings is 1. The standard InChI is InChI=1S/C14H21NO/c1-16-9-3-6-11-4-2-5-12-10-13(15)7-8-14(11)12/h2,4-5,13H,3,6-10,15H2,1H3. The van der Waals surface area contributed by atoms with Crippen molar-refractivity contribution in [2.24, 2.45) is 5.73 Å². The molecule has 0 bridgehead atoms. The van der Waals surface area contributed by atoms with E-state index in [9.17, 15) is 0 Å². The van der Waals surface area contributed by atoms with Crippen molar-refractivity contribution < 1.29 is 4.74 Å². The molecule has 1 aromatic rings. The molecule has 1 aliphatic rings. The molecule has 0 amide bonds. The molecule has 0 radical (unpaired) electrons. The number of rotatable bonds is 4. The number of nitrogens with two attached hydrogens (primary N) is 1. The average molecular weight is 219 g/mol. The molecule has 0 fully saturated rings. The zero-order valence-corrected chi connectivity index (χ0v) is 10.0. The Kier molecular flexibility index (Phi) is 3.97. The first-order valence-electron chi connectivity index (χ1n) is 6.15. The lowest BCUT2D eigenvalue weighted by atomic mass is 9.85. The molecule has 2 N–H and O–H groups in total. The van der Waals surface area contributed by atoms with E-state index < -0.39 is 0 Å². The first-order valence-corrected chi connectivity index (χ1v) is 6.15. The van der Waals surface area contributed by atoms with E-state index in [1.54, 1.807) is 12.7 Å². The SMILES string of the molecule is COCCCc1cccc2c1CCC(N)C2.